The van der Waals surface area contributed by atoms with Crippen molar-refractivity contribution < 1.29 is 14.6 Å². The lowest BCUT2D eigenvalue weighted by Gasteiger charge is -2.06. The van der Waals surface area contributed by atoms with Gasteiger partial charge in [0.1, 0.15) is 11.3 Å². The number of nitrogens with one attached hydrogen (secondary N) is 1. The quantitative estimate of drug-likeness (QED) is 0.831. The number of hydrogen-bond acceptors (Lipinski definition) is 4. The van der Waals surface area contributed by atoms with Crippen LogP contribution in [0.4, 0.5) is 0 Å². The summed E-state index contributed by atoms with van der Waals surface area (Å²) >= 11 is 4.91. The Morgan fingerprint density at radius 3 is 2.61 bits per heavy atom. The molecule has 0 fully saturated rings. The molecule has 2 N–H and O–H groups in total. The predicted octanol–water partition coefficient (Wildman–Crippen LogP) is 2.51. The molecule has 0 radical (unpaired) electrons. The van der Waals surface area contributed by atoms with Crippen LogP contribution >= 0.6 is 12.2 Å². The number of nitrogens with zero attached hydrogens (tertiary/aromatic N) is 1. The molecule has 0 saturated heterocycles. The molecule has 0 spiro atoms. The molecule has 5 nitrogen and oxygen atoms in total. The summed E-state index contributed by atoms with van der Waals surface area (Å²) < 4.78 is 5.29. The topological polar surface area (TPSA) is 75.2 Å². The van der Waals surface area contributed by atoms with Gasteiger partial charge in [-0.05, 0) is 42.0 Å². The molecule has 0 aliphatic heterocycles. The fraction of sp³-hybridized carbons (Fsp3) is 0.0833. The van der Waals surface area contributed by atoms with Crippen LogP contribution in [0.1, 0.15) is 10.4 Å². The molecule has 0 atom stereocenters. The van der Waals surface area contributed by atoms with E-state index in [2.05, 4.69) is 9.97 Å². The number of aromatic nitrogens is 2. The van der Waals surface area contributed by atoms with Crippen LogP contribution in [0.5, 0.6) is 5.75 Å². The Labute approximate surface area is 108 Å². The van der Waals surface area contributed by atoms with Gasteiger partial charge in [-0.2, -0.15) is 0 Å². The van der Waals surface area contributed by atoms with Gasteiger partial charge in [-0.3, -0.25) is 0 Å². The summed E-state index contributed by atoms with van der Waals surface area (Å²) in [6.45, 7) is 0. The van der Waals surface area contributed by atoms with E-state index in [1.54, 1.807) is 31.4 Å². The minimum atomic E-state index is -1.06. The summed E-state index contributed by atoms with van der Waals surface area (Å²) in [6.07, 6.45) is 1.25. The highest BCUT2D eigenvalue weighted by Crippen LogP contribution is 2.23. The van der Waals surface area contributed by atoms with Crippen molar-refractivity contribution >= 4 is 18.2 Å². The Hall–Kier alpha value is -2.21. The molecule has 1 aromatic carbocycles. The van der Waals surface area contributed by atoms with Gasteiger partial charge in [0, 0.05) is 6.20 Å². The van der Waals surface area contributed by atoms with Crippen LogP contribution in [0.15, 0.2) is 30.5 Å². The number of ether oxygens (including phenoxy) is 1. The van der Waals surface area contributed by atoms with Crippen molar-refractivity contribution in [2.75, 3.05) is 7.11 Å². The van der Waals surface area contributed by atoms with E-state index in [4.69, 9.17) is 22.1 Å². The number of methoxy groups -OCH3 is 1. The summed E-state index contributed by atoms with van der Waals surface area (Å²) in [5, 5.41) is 9.10. The number of carbonyl (C=O) groups is 1. The second kappa shape index (κ2) is 4.97. The van der Waals surface area contributed by atoms with Crippen LogP contribution in [-0.4, -0.2) is 28.2 Å². The maximum absolute atomic E-state index is 11.1. The van der Waals surface area contributed by atoms with Gasteiger partial charge in [0.2, 0.25) is 0 Å². The summed E-state index contributed by atoms with van der Waals surface area (Å²) in [6, 6.07) is 7.01. The number of carboxylic acid groups (broad SMARTS) is 1. The van der Waals surface area contributed by atoms with E-state index in [0.717, 1.165) is 0 Å². The van der Waals surface area contributed by atoms with Crippen LogP contribution in [0.3, 0.4) is 0 Å². The van der Waals surface area contributed by atoms with Gasteiger partial charge in [0.25, 0.3) is 0 Å². The third-order valence-corrected chi connectivity index (χ3v) is 2.63. The molecule has 0 saturated carbocycles. The Balaban J connectivity index is 2.57. The molecule has 92 valence electrons. The molecule has 0 aliphatic carbocycles. The molecule has 2 rings (SSSR count). The van der Waals surface area contributed by atoms with Crippen LogP contribution < -0.4 is 4.74 Å². The van der Waals surface area contributed by atoms with Crippen molar-refractivity contribution in [2.45, 2.75) is 0 Å². The number of rotatable bonds is 3. The predicted molar refractivity (Wildman–Crippen MR) is 68.4 cm³/mol. The van der Waals surface area contributed by atoms with Gasteiger partial charge in [0.15, 0.2) is 4.77 Å². The molecule has 1 heterocycles. The third-order valence-electron chi connectivity index (χ3n) is 2.42. The summed E-state index contributed by atoms with van der Waals surface area (Å²) in [7, 11) is 1.57. The summed E-state index contributed by atoms with van der Waals surface area (Å²) in [5.74, 6) is -0.358. The first kappa shape index (κ1) is 12.3. The average molecular weight is 262 g/mol. The molecular weight excluding hydrogens is 252 g/mol. The molecule has 0 unspecified atom stereocenters. The van der Waals surface area contributed by atoms with Gasteiger partial charge in [0.05, 0.1) is 12.8 Å². The Morgan fingerprint density at radius 1 is 1.39 bits per heavy atom. The highest BCUT2D eigenvalue weighted by atomic mass is 32.1. The molecule has 0 amide bonds. The monoisotopic (exact) mass is 262 g/mol. The maximum atomic E-state index is 11.1. The zero-order chi connectivity index (χ0) is 13.1. The molecule has 0 aliphatic rings. The van der Waals surface area contributed by atoms with Gasteiger partial charge in [-0.1, -0.05) is 0 Å². The van der Waals surface area contributed by atoms with Crippen molar-refractivity contribution in [1.29, 1.82) is 0 Å². The van der Waals surface area contributed by atoms with E-state index in [1.807, 2.05) is 0 Å². The number of benzene rings is 1. The molecule has 2 aromatic rings. The van der Waals surface area contributed by atoms with Crippen LogP contribution in [0.25, 0.3) is 11.3 Å². The first-order chi connectivity index (χ1) is 8.61. The molecule has 0 bridgehead atoms. The second-order valence-corrected chi connectivity index (χ2v) is 3.90. The van der Waals surface area contributed by atoms with Crippen LogP contribution in [0.2, 0.25) is 0 Å². The van der Waals surface area contributed by atoms with E-state index in [9.17, 15) is 4.79 Å². The number of carboxylic acids is 1. The van der Waals surface area contributed by atoms with Gasteiger partial charge < -0.3 is 14.8 Å². The molecule has 18 heavy (non-hydrogen) atoms. The van der Waals surface area contributed by atoms with Crippen molar-refractivity contribution in [3.05, 3.63) is 40.8 Å². The third kappa shape index (κ3) is 2.38. The van der Waals surface area contributed by atoms with Crippen molar-refractivity contribution in [2.24, 2.45) is 0 Å². The first-order valence-corrected chi connectivity index (χ1v) is 5.49. The highest BCUT2D eigenvalue weighted by Gasteiger charge is 2.12. The SMILES string of the molecule is COc1ccc(-c2[nH]c(=S)ncc2C(=O)O)cc1. The summed E-state index contributed by atoms with van der Waals surface area (Å²) in [5.41, 5.74) is 1.22. The number of aromatic amines is 1. The molecule has 1 aromatic heterocycles. The fourth-order valence-corrected chi connectivity index (χ4v) is 1.70. The minimum absolute atomic E-state index is 0.0776. The van der Waals surface area contributed by atoms with E-state index in [0.29, 0.717) is 17.0 Å². The summed E-state index contributed by atoms with van der Waals surface area (Å²) in [4.78, 5) is 17.7. The van der Waals surface area contributed by atoms with E-state index < -0.39 is 5.97 Å². The Morgan fingerprint density at radius 2 is 2.06 bits per heavy atom. The fourth-order valence-electron chi connectivity index (χ4n) is 1.54. The minimum Gasteiger partial charge on any atom is -0.497 e. The number of H-pyrrole nitrogens is 1. The molecule has 6 heteroatoms. The second-order valence-electron chi connectivity index (χ2n) is 3.51. The first-order valence-electron chi connectivity index (χ1n) is 5.09. The average Bonchev–Trinajstić information content (AvgIpc) is 2.38. The van der Waals surface area contributed by atoms with E-state index in [-0.39, 0.29) is 10.3 Å². The van der Waals surface area contributed by atoms with Crippen LogP contribution in [-0.2, 0) is 0 Å². The van der Waals surface area contributed by atoms with Gasteiger partial charge >= 0.3 is 5.97 Å². The normalized spacial score (nSPS) is 10.1. The largest absolute Gasteiger partial charge is 0.497 e. The van der Waals surface area contributed by atoms with Crippen molar-refractivity contribution in [3.8, 4) is 17.0 Å². The zero-order valence-corrected chi connectivity index (χ0v) is 10.3. The standard InChI is InChI=1S/C12H10N2O3S/c1-17-8-4-2-7(3-5-8)10-9(11(15)16)6-13-12(18)14-10/h2-6H,1H3,(H,15,16)(H,13,14,18). The van der Waals surface area contributed by atoms with E-state index in [1.165, 1.54) is 6.20 Å². The Kier molecular flexibility index (Phi) is 3.38. The lowest BCUT2D eigenvalue weighted by Crippen LogP contribution is -2.03. The van der Waals surface area contributed by atoms with Gasteiger partial charge in [-0.25, -0.2) is 9.78 Å². The van der Waals surface area contributed by atoms with Gasteiger partial charge in [-0.15, -0.1) is 0 Å². The number of hydrogen-bond donors (Lipinski definition) is 2. The van der Waals surface area contributed by atoms with Crippen LogP contribution in [0, 0.1) is 4.77 Å². The lowest BCUT2D eigenvalue weighted by atomic mass is 10.1. The lowest BCUT2D eigenvalue weighted by molar-refractivity contribution is 0.0697. The Bertz CT molecular complexity index is 635. The van der Waals surface area contributed by atoms with Crippen molar-refractivity contribution in [1.82, 2.24) is 9.97 Å². The number of aromatic carboxylic acids is 1. The maximum Gasteiger partial charge on any atom is 0.339 e. The zero-order valence-electron chi connectivity index (χ0n) is 9.51. The smallest absolute Gasteiger partial charge is 0.339 e. The van der Waals surface area contributed by atoms with Crippen molar-refractivity contribution in [3.63, 3.8) is 0 Å². The highest BCUT2D eigenvalue weighted by molar-refractivity contribution is 7.71. The van der Waals surface area contributed by atoms with E-state index >= 15 is 0 Å². The molecular formula is C12H10N2O3S.